The molecule has 0 saturated carbocycles. The Hall–Kier alpha value is -0.610. The largest absolute Gasteiger partial charge is 0.322 e. The molecule has 3 unspecified atom stereocenters. The molecule has 0 aliphatic carbocycles. The van der Waals surface area contributed by atoms with Crippen molar-refractivity contribution in [2.24, 2.45) is 0 Å². The summed E-state index contributed by atoms with van der Waals surface area (Å²) < 4.78 is 0. The van der Waals surface area contributed by atoms with Gasteiger partial charge in [0.15, 0.2) is 0 Å². The molecule has 2 aliphatic rings. The fraction of sp³-hybridized carbons (Fsp3) is 0.917. The van der Waals surface area contributed by atoms with Crippen molar-refractivity contribution in [1.29, 1.82) is 0 Å². The van der Waals surface area contributed by atoms with Crippen molar-refractivity contribution < 1.29 is 4.79 Å². The molecular formula is C12H23N3O. The molecule has 2 saturated heterocycles. The van der Waals surface area contributed by atoms with Gasteiger partial charge in [-0.25, -0.2) is 0 Å². The Kier molecular flexibility index (Phi) is 3.50. The first-order valence-electron chi connectivity index (χ1n) is 6.40. The van der Waals surface area contributed by atoms with Gasteiger partial charge in [-0.1, -0.05) is 0 Å². The lowest BCUT2D eigenvalue weighted by Gasteiger charge is -2.31. The second-order valence-corrected chi connectivity index (χ2v) is 5.17. The Labute approximate surface area is 98.0 Å². The summed E-state index contributed by atoms with van der Waals surface area (Å²) in [4.78, 5) is 16.4. The lowest BCUT2D eigenvalue weighted by molar-refractivity contribution is -0.131. The topological polar surface area (TPSA) is 35.6 Å². The molecule has 4 heteroatoms. The maximum absolute atomic E-state index is 12.0. The molecule has 2 aliphatic heterocycles. The van der Waals surface area contributed by atoms with Crippen molar-refractivity contribution in [3.8, 4) is 0 Å². The van der Waals surface area contributed by atoms with E-state index in [-0.39, 0.29) is 18.1 Å². The maximum Gasteiger partial charge on any atom is 0.241 e. The highest BCUT2D eigenvalue weighted by Crippen LogP contribution is 2.16. The Bertz CT molecular complexity index is 263. The second-order valence-electron chi connectivity index (χ2n) is 5.17. The molecule has 2 rings (SSSR count). The number of carbonyl (C=O) groups excluding carboxylic acids is 1. The molecule has 1 amide bonds. The van der Waals surface area contributed by atoms with E-state index in [4.69, 9.17) is 0 Å². The predicted octanol–water partition coefficient (Wildman–Crippen LogP) is 0.637. The molecule has 16 heavy (non-hydrogen) atoms. The van der Waals surface area contributed by atoms with E-state index in [9.17, 15) is 4.79 Å². The Morgan fingerprint density at radius 3 is 2.50 bits per heavy atom. The van der Waals surface area contributed by atoms with Gasteiger partial charge in [0, 0.05) is 12.6 Å². The minimum absolute atomic E-state index is 0.0176. The normalized spacial score (nSPS) is 33.7. The first kappa shape index (κ1) is 11.9. The van der Waals surface area contributed by atoms with Crippen LogP contribution in [-0.4, -0.2) is 53.6 Å². The van der Waals surface area contributed by atoms with Crippen molar-refractivity contribution in [2.75, 3.05) is 19.6 Å². The van der Waals surface area contributed by atoms with Gasteiger partial charge in [0.2, 0.25) is 5.91 Å². The van der Waals surface area contributed by atoms with E-state index in [1.165, 1.54) is 25.9 Å². The van der Waals surface area contributed by atoms with Crippen LogP contribution in [0.5, 0.6) is 0 Å². The van der Waals surface area contributed by atoms with Gasteiger partial charge in [-0.05, 0) is 46.7 Å². The van der Waals surface area contributed by atoms with Gasteiger partial charge in [0.25, 0.3) is 0 Å². The van der Waals surface area contributed by atoms with Crippen molar-refractivity contribution in [1.82, 2.24) is 15.1 Å². The molecule has 4 nitrogen and oxygen atoms in total. The van der Waals surface area contributed by atoms with Crippen LogP contribution in [0.1, 0.15) is 33.6 Å². The van der Waals surface area contributed by atoms with Crippen LogP contribution in [0.2, 0.25) is 0 Å². The molecule has 0 aromatic carbocycles. The van der Waals surface area contributed by atoms with Gasteiger partial charge in [-0.3, -0.25) is 10.1 Å². The van der Waals surface area contributed by atoms with Crippen LogP contribution in [0.3, 0.4) is 0 Å². The number of hydrogen-bond donors (Lipinski definition) is 1. The summed E-state index contributed by atoms with van der Waals surface area (Å²) >= 11 is 0. The van der Waals surface area contributed by atoms with E-state index < -0.39 is 0 Å². The van der Waals surface area contributed by atoms with Crippen LogP contribution < -0.4 is 5.32 Å². The number of carbonyl (C=O) groups is 1. The quantitative estimate of drug-likeness (QED) is 0.765. The summed E-state index contributed by atoms with van der Waals surface area (Å²) in [6, 6.07) is 0.300. The molecular weight excluding hydrogens is 202 g/mol. The van der Waals surface area contributed by atoms with E-state index in [2.05, 4.69) is 24.1 Å². The first-order chi connectivity index (χ1) is 7.59. The summed E-state index contributed by atoms with van der Waals surface area (Å²) in [6.07, 6.45) is 2.80. The molecule has 0 bridgehead atoms. The number of rotatable bonds is 3. The molecule has 1 N–H and O–H groups in total. The van der Waals surface area contributed by atoms with E-state index in [0.29, 0.717) is 6.04 Å². The second kappa shape index (κ2) is 4.72. The van der Waals surface area contributed by atoms with Crippen molar-refractivity contribution >= 4 is 5.91 Å². The van der Waals surface area contributed by atoms with Crippen LogP contribution in [0.4, 0.5) is 0 Å². The molecule has 92 valence electrons. The molecule has 2 fully saturated rings. The minimum Gasteiger partial charge on any atom is -0.322 e. The van der Waals surface area contributed by atoms with Crippen molar-refractivity contribution in [3.63, 3.8) is 0 Å². The van der Waals surface area contributed by atoms with Gasteiger partial charge < -0.3 is 9.80 Å². The molecule has 2 heterocycles. The van der Waals surface area contributed by atoms with Gasteiger partial charge in [0.1, 0.15) is 0 Å². The predicted molar refractivity (Wildman–Crippen MR) is 64.0 cm³/mol. The summed E-state index contributed by atoms with van der Waals surface area (Å²) in [5.41, 5.74) is 0. The van der Waals surface area contributed by atoms with Crippen LogP contribution >= 0.6 is 0 Å². The van der Waals surface area contributed by atoms with Gasteiger partial charge in [-0.15, -0.1) is 0 Å². The zero-order valence-electron chi connectivity index (χ0n) is 10.6. The van der Waals surface area contributed by atoms with Gasteiger partial charge >= 0.3 is 0 Å². The zero-order chi connectivity index (χ0) is 11.7. The number of likely N-dealkylation sites (tertiary alicyclic amines) is 1. The molecule has 0 spiro atoms. The highest BCUT2D eigenvalue weighted by Gasteiger charge is 2.36. The van der Waals surface area contributed by atoms with Crippen molar-refractivity contribution in [3.05, 3.63) is 0 Å². The number of hydrogen-bond acceptors (Lipinski definition) is 3. The Balaban J connectivity index is 1.92. The van der Waals surface area contributed by atoms with Crippen LogP contribution in [0.25, 0.3) is 0 Å². The fourth-order valence-electron chi connectivity index (χ4n) is 2.95. The third-order valence-corrected chi connectivity index (χ3v) is 3.73. The van der Waals surface area contributed by atoms with Crippen LogP contribution in [0, 0.1) is 0 Å². The molecule has 3 atom stereocenters. The standard InChI is InChI=1S/C12H23N3O/c1-9(8-14-6-4-5-7-14)15-11(3)13-10(2)12(15)16/h9-11,13H,4-8H2,1-3H3. The van der Waals surface area contributed by atoms with Crippen LogP contribution in [0.15, 0.2) is 0 Å². The monoisotopic (exact) mass is 225 g/mol. The molecule has 0 aromatic heterocycles. The highest BCUT2D eigenvalue weighted by molar-refractivity contribution is 5.84. The first-order valence-corrected chi connectivity index (χ1v) is 6.40. The summed E-state index contributed by atoms with van der Waals surface area (Å²) in [5.74, 6) is 0.249. The lowest BCUT2D eigenvalue weighted by Crippen LogP contribution is -2.46. The third-order valence-electron chi connectivity index (χ3n) is 3.73. The SMILES string of the molecule is CC1NC(C)N(C(C)CN2CCCC2)C1=O. The average Bonchev–Trinajstić information content (AvgIpc) is 2.77. The van der Waals surface area contributed by atoms with Gasteiger partial charge in [-0.2, -0.15) is 0 Å². The van der Waals surface area contributed by atoms with E-state index in [1.807, 2.05) is 11.8 Å². The van der Waals surface area contributed by atoms with Crippen LogP contribution in [-0.2, 0) is 4.79 Å². The van der Waals surface area contributed by atoms with E-state index in [0.717, 1.165) is 6.54 Å². The van der Waals surface area contributed by atoms with Crippen molar-refractivity contribution in [2.45, 2.75) is 51.9 Å². The Morgan fingerprint density at radius 1 is 1.38 bits per heavy atom. The number of nitrogens with zero attached hydrogens (tertiary/aromatic N) is 2. The Morgan fingerprint density at radius 2 is 2.00 bits per heavy atom. The summed E-state index contributed by atoms with van der Waals surface area (Å²) in [5, 5.41) is 3.28. The zero-order valence-corrected chi connectivity index (χ0v) is 10.6. The third kappa shape index (κ3) is 2.23. The van der Waals surface area contributed by atoms with E-state index in [1.54, 1.807) is 0 Å². The highest BCUT2D eigenvalue weighted by atomic mass is 16.2. The smallest absolute Gasteiger partial charge is 0.241 e. The number of nitrogens with one attached hydrogen (secondary N) is 1. The summed E-state index contributed by atoms with van der Waals surface area (Å²) in [6.45, 7) is 9.59. The minimum atomic E-state index is -0.0176. The van der Waals surface area contributed by atoms with E-state index >= 15 is 0 Å². The summed E-state index contributed by atoms with van der Waals surface area (Å²) in [7, 11) is 0. The average molecular weight is 225 g/mol. The molecule has 0 aromatic rings. The lowest BCUT2D eigenvalue weighted by atomic mass is 10.2. The maximum atomic E-state index is 12.0. The molecule has 0 radical (unpaired) electrons. The van der Waals surface area contributed by atoms with Gasteiger partial charge in [0.05, 0.1) is 12.2 Å². The fourth-order valence-corrected chi connectivity index (χ4v) is 2.95. The number of amides is 1.